The Kier molecular flexibility index (Phi) is 6.16. The van der Waals surface area contributed by atoms with E-state index in [1.165, 1.54) is 24.3 Å². The van der Waals surface area contributed by atoms with Crippen LogP contribution in [0.4, 0.5) is 11.4 Å². The molecule has 3 aromatic rings. The van der Waals surface area contributed by atoms with E-state index in [1.807, 2.05) is 0 Å². The monoisotopic (exact) mass is 474 g/mol. The van der Waals surface area contributed by atoms with E-state index in [-0.39, 0.29) is 58.2 Å². The van der Waals surface area contributed by atoms with Crippen molar-refractivity contribution in [2.75, 3.05) is 29.9 Å². The molecule has 1 aliphatic heterocycles. The van der Waals surface area contributed by atoms with Gasteiger partial charge < -0.3 is 9.47 Å². The average molecular weight is 475 g/mol. The first-order valence-corrected chi connectivity index (χ1v) is 10.6. The molecule has 0 atom stereocenters. The normalized spacial score (nSPS) is 12.9. The predicted molar refractivity (Wildman–Crippen MR) is 121 cm³/mol. The van der Waals surface area contributed by atoms with E-state index in [9.17, 15) is 19.7 Å². The number of carbonyl (C=O) groups excluding carboxylic acids is 2. The van der Waals surface area contributed by atoms with Gasteiger partial charge in [-0.25, -0.2) is 4.90 Å². The lowest BCUT2D eigenvalue weighted by atomic mass is 9.92. The third-order valence-electron chi connectivity index (χ3n) is 4.94. The molecule has 8 nitrogen and oxygen atoms in total. The molecule has 1 heterocycles. The van der Waals surface area contributed by atoms with Crippen LogP contribution in [0, 0.1) is 10.1 Å². The number of non-ortho nitro benzene ring substituents is 1. The lowest BCUT2D eigenvalue weighted by molar-refractivity contribution is -0.383. The molecule has 0 fully saturated rings. The summed E-state index contributed by atoms with van der Waals surface area (Å²) in [6.07, 6.45) is 0. The molecule has 1 aliphatic rings. The number of benzene rings is 3. The van der Waals surface area contributed by atoms with Gasteiger partial charge in [-0.2, -0.15) is 0 Å². The fraction of sp³-hybridized carbons (Fsp3) is 0.182. The van der Waals surface area contributed by atoms with E-state index in [1.54, 1.807) is 24.3 Å². The van der Waals surface area contributed by atoms with E-state index in [2.05, 4.69) is 0 Å². The van der Waals surface area contributed by atoms with Gasteiger partial charge in [-0.05, 0) is 30.3 Å². The topological polar surface area (TPSA) is 99.0 Å². The van der Waals surface area contributed by atoms with Gasteiger partial charge in [0.15, 0.2) is 11.5 Å². The van der Waals surface area contributed by atoms with Gasteiger partial charge in [0.25, 0.3) is 17.5 Å². The molecule has 10 heteroatoms. The van der Waals surface area contributed by atoms with Gasteiger partial charge >= 0.3 is 0 Å². The van der Waals surface area contributed by atoms with Crippen LogP contribution in [-0.4, -0.2) is 41.7 Å². The minimum atomic E-state index is -0.591. The highest BCUT2D eigenvalue weighted by atomic mass is 35.5. The van der Waals surface area contributed by atoms with Gasteiger partial charge in [-0.3, -0.25) is 19.7 Å². The summed E-state index contributed by atoms with van der Waals surface area (Å²) in [7, 11) is 0. The quantitative estimate of drug-likeness (QED) is 0.201. The molecule has 4 rings (SSSR count). The Hall–Kier alpha value is -3.36. The second-order valence-electron chi connectivity index (χ2n) is 6.77. The van der Waals surface area contributed by atoms with Crippen molar-refractivity contribution in [3.05, 3.63) is 69.8 Å². The molecule has 32 heavy (non-hydrogen) atoms. The largest absolute Gasteiger partial charge is 0.488 e. The summed E-state index contributed by atoms with van der Waals surface area (Å²) in [6.45, 7) is 0.434. The Morgan fingerprint density at radius 2 is 1.53 bits per heavy atom. The zero-order valence-electron chi connectivity index (χ0n) is 16.5. The molecule has 0 aromatic heterocycles. The summed E-state index contributed by atoms with van der Waals surface area (Å²) in [4.78, 5) is 38.5. The van der Waals surface area contributed by atoms with Crippen molar-refractivity contribution < 1.29 is 24.0 Å². The van der Waals surface area contributed by atoms with E-state index in [0.29, 0.717) is 11.5 Å². The molecule has 0 saturated heterocycles. The fourth-order valence-electron chi connectivity index (χ4n) is 3.64. The predicted octanol–water partition coefficient (Wildman–Crippen LogP) is 4.78. The Bertz CT molecular complexity index is 1220. The highest BCUT2D eigenvalue weighted by Gasteiger charge is 2.36. The Labute approximate surface area is 192 Å². The van der Waals surface area contributed by atoms with Gasteiger partial charge in [0.1, 0.15) is 13.2 Å². The molecule has 0 bridgehead atoms. The Morgan fingerprint density at radius 3 is 2.19 bits per heavy atom. The molecule has 0 aliphatic carbocycles. The standard InChI is InChI=1S/C22H16Cl2N2O6/c23-8-10-31-18-7-4-13(12-19(18)32-11-9-24)25-21(27)15-3-1-2-14-17(26(29)30)6-5-16(20(14)15)22(25)28/h1-7,12H,8-11H2. The number of hydrogen-bond acceptors (Lipinski definition) is 6. The third-order valence-corrected chi connectivity index (χ3v) is 5.24. The number of hydrogen-bond donors (Lipinski definition) is 0. The average Bonchev–Trinajstić information content (AvgIpc) is 2.80. The molecule has 0 N–H and O–H groups in total. The van der Waals surface area contributed by atoms with Gasteiger partial charge in [0, 0.05) is 28.6 Å². The van der Waals surface area contributed by atoms with E-state index in [0.717, 1.165) is 4.90 Å². The molecule has 0 radical (unpaired) electrons. The van der Waals surface area contributed by atoms with Crippen molar-refractivity contribution in [1.82, 2.24) is 0 Å². The zero-order chi connectivity index (χ0) is 22.8. The number of nitro groups is 1. The van der Waals surface area contributed by atoms with Crippen molar-refractivity contribution in [1.29, 1.82) is 0 Å². The van der Waals surface area contributed by atoms with Crippen LogP contribution in [0.2, 0.25) is 0 Å². The summed E-state index contributed by atoms with van der Waals surface area (Å²) in [5, 5.41) is 11.9. The minimum absolute atomic E-state index is 0.169. The maximum atomic E-state index is 13.3. The number of ether oxygens (including phenoxy) is 2. The van der Waals surface area contributed by atoms with Crippen molar-refractivity contribution in [3.8, 4) is 11.5 Å². The summed E-state index contributed by atoms with van der Waals surface area (Å²) >= 11 is 11.4. The van der Waals surface area contributed by atoms with Gasteiger partial charge in [0.05, 0.1) is 27.8 Å². The summed E-state index contributed by atoms with van der Waals surface area (Å²) in [6, 6.07) is 11.9. The number of rotatable bonds is 8. The number of imide groups is 1. The van der Waals surface area contributed by atoms with Crippen LogP contribution in [0.15, 0.2) is 48.5 Å². The number of halogens is 2. The molecule has 3 aromatic carbocycles. The molecular weight excluding hydrogens is 459 g/mol. The highest BCUT2D eigenvalue weighted by Crippen LogP contribution is 2.39. The van der Waals surface area contributed by atoms with Crippen LogP contribution in [0.25, 0.3) is 10.8 Å². The van der Waals surface area contributed by atoms with Crippen LogP contribution in [0.5, 0.6) is 11.5 Å². The van der Waals surface area contributed by atoms with Crippen molar-refractivity contribution in [2.45, 2.75) is 0 Å². The Morgan fingerprint density at radius 1 is 0.875 bits per heavy atom. The van der Waals surface area contributed by atoms with Crippen LogP contribution in [0.1, 0.15) is 20.7 Å². The first-order chi connectivity index (χ1) is 15.5. The minimum Gasteiger partial charge on any atom is -0.488 e. The van der Waals surface area contributed by atoms with Crippen LogP contribution in [-0.2, 0) is 0 Å². The number of carbonyl (C=O) groups is 2. The van der Waals surface area contributed by atoms with Crippen LogP contribution >= 0.6 is 23.2 Å². The number of alkyl halides is 2. The highest BCUT2D eigenvalue weighted by molar-refractivity contribution is 6.36. The first-order valence-electron chi connectivity index (χ1n) is 9.58. The van der Waals surface area contributed by atoms with Crippen molar-refractivity contribution >= 4 is 57.2 Å². The number of nitrogens with zero attached hydrogens (tertiary/aromatic N) is 2. The van der Waals surface area contributed by atoms with Crippen LogP contribution < -0.4 is 14.4 Å². The summed E-state index contributed by atoms with van der Waals surface area (Å²) in [5.74, 6) is 0.0236. The number of nitro benzene ring substituents is 1. The lowest BCUT2D eigenvalue weighted by Gasteiger charge is -2.27. The smallest absolute Gasteiger partial charge is 0.277 e. The fourth-order valence-corrected chi connectivity index (χ4v) is 3.79. The lowest BCUT2D eigenvalue weighted by Crippen LogP contribution is -2.40. The van der Waals surface area contributed by atoms with Gasteiger partial charge in [-0.15, -0.1) is 23.2 Å². The van der Waals surface area contributed by atoms with E-state index in [4.69, 9.17) is 32.7 Å². The van der Waals surface area contributed by atoms with Gasteiger partial charge in [0.2, 0.25) is 0 Å². The molecule has 164 valence electrons. The summed E-state index contributed by atoms with van der Waals surface area (Å²) in [5.41, 5.74) is 0.499. The molecule has 0 unspecified atom stereocenters. The van der Waals surface area contributed by atoms with Gasteiger partial charge in [-0.1, -0.05) is 6.07 Å². The second-order valence-corrected chi connectivity index (χ2v) is 7.53. The second kappa shape index (κ2) is 9.02. The van der Waals surface area contributed by atoms with E-state index < -0.39 is 16.7 Å². The maximum absolute atomic E-state index is 13.3. The number of anilines is 1. The van der Waals surface area contributed by atoms with Crippen molar-refractivity contribution in [2.24, 2.45) is 0 Å². The maximum Gasteiger partial charge on any atom is 0.277 e. The molecular formula is C22H16Cl2N2O6. The third kappa shape index (κ3) is 3.72. The van der Waals surface area contributed by atoms with Crippen molar-refractivity contribution in [3.63, 3.8) is 0 Å². The zero-order valence-corrected chi connectivity index (χ0v) is 18.1. The number of amides is 2. The SMILES string of the molecule is O=C1c2cccc3c([N+](=O)[O-])ccc(c23)C(=O)N1c1ccc(OCCCl)c(OCCCl)c1. The van der Waals surface area contributed by atoms with Crippen LogP contribution in [0.3, 0.4) is 0 Å². The van der Waals surface area contributed by atoms with E-state index >= 15 is 0 Å². The Balaban J connectivity index is 1.82. The molecule has 0 spiro atoms. The summed E-state index contributed by atoms with van der Waals surface area (Å²) < 4.78 is 11.2. The first kappa shape index (κ1) is 21.9. The molecule has 2 amide bonds. The molecule has 0 saturated carbocycles.